The van der Waals surface area contributed by atoms with E-state index >= 15 is 0 Å². The number of hydrogen-bond donors (Lipinski definition) is 2. The van der Waals surface area contributed by atoms with Crippen LogP contribution in [0.2, 0.25) is 5.02 Å². The Labute approximate surface area is 127 Å². The molecule has 0 aromatic heterocycles. The van der Waals surface area contributed by atoms with Gasteiger partial charge in [0.2, 0.25) is 5.91 Å². The second kappa shape index (κ2) is 7.84. The van der Waals surface area contributed by atoms with E-state index in [-0.39, 0.29) is 11.9 Å². The van der Waals surface area contributed by atoms with Gasteiger partial charge in [0, 0.05) is 20.8 Å². The minimum Gasteiger partial charge on any atom is -0.373 e. The van der Waals surface area contributed by atoms with Crippen LogP contribution in [0.25, 0.3) is 0 Å². The zero-order chi connectivity index (χ0) is 13.5. The van der Waals surface area contributed by atoms with Gasteiger partial charge in [0.15, 0.2) is 0 Å². The molecule has 3 nitrogen and oxygen atoms in total. The molecular weight excluding hydrogens is 363 g/mol. The SMILES string of the molecule is CCCCNC(=O)C(C)Nc1ccc(Cl)cc1I. The van der Waals surface area contributed by atoms with Crippen molar-refractivity contribution in [2.24, 2.45) is 0 Å². The number of carbonyl (C=O) groups is 1. The molecule has 1 aromatic carbocycles. The van der Waals surface area contributed by atoms with Crippen molar-refractivity contribution in [2.75, 3.05) is 11.9 Å². The lowest BCUT2D eigenvalue weighted by Gasteiger charge is -2.16. The first kappa shape index (κ1) is 15.6. The third-order valence-corrected chi connectivity index (χ3v) is 3.65. The second-order valence-electron chi connectivity index (χ2n) is 4.13. The molecule has 0 aliphatic carbocycles. The summed E-state index contributed by atoms with van der Waals surface area (Å²) in [6.45, 7) is 4.69. The van der Waals surface area contributed by atoms with Crippen LogP contribution in [-0.4, -0.2) is 18.5 Å². The molecule has 0 aliphatic rings. The Balaban J connectivity index is 2.53. The highest BCUT2D eigenvalue weighted by Crippen LogP contribution is 2.22. The van der Waals surface area contributed by atoms with Gasteiger partial charge in [-0.3, -0.25) is 4.79 Å². The van der Waals surface area contributed by atoms with E-state index in [9.17, 15) is 4.79 Å². The van der Waals surface area contributed by atoms with Gasteiger partial charge in [-0.25, -0.2) is 0 Å². The van der Waals surface area contributed by atoms with E-state index in [0.29, 0.717) is 5.02 Å². The molecular formula is C13H18ClIN2O. The zero-order valence-corrected chi connectivity index (χ0v) is 13.5. The molecule has 0 radical (unpaired) electrons. The summed E-state index contributed by atoms with van der Waals surface area (Å²) in [6.07, 6.45) is 2.09. The number of anilines is 1. The van der Waals surface area contributed by atoms with Crippen molar-refractivity contribution < 1.29 is 4.79 Å². The molecule has 0 saturated heterocycles. The maximum absolute atomic E-state index is 11.8. The number of rotatable bonds is 6. The molecule has 5 heteroatoms. The number of nitrogens with one attached hydrogen (secondary N) is 2. The van der Waals surface area contributed by atoms with E-state index in [0.717, 1.165) is 28.6 Å². The van der Waals surface area contributed by atoms with Gasteiger partial charge in [0.1, 0.15) is 6.04 Å². The van der Waals surface area contributed by atoms with Crippen molar-refractivity contribution in [2.45, 2.75) is 32.7 Å². The minimum atomic E-state index is -0.253. The summed E-state index contributed by atoms with van der Waals surface area (Å²) in [5.41, 5.74) is 0.929. The van der Waals surface area contributed by atoms with Crippen LogP contribution in [0, 0.1) is 3.57 Å². The molecule has 0 aliphatic heterocycles. The van der Waals surface area contributed by atoms with Crippen LogP contribution < -0.4 is 10.6 Å². The van der Waals surface area contributed by atoms with Gasteiger partial charge in [0.25, 0.3) is 0 Å². The lowest BCUT2D eigenvalue weighted by atomic mass is 10.2. The maximum Gasteiger partial charge on any atom is 0.242 e. The number of halogens is 2. The third-order valence-electron chi connectivity index (χ3n) is 2.53. The van der Waals surface area contributed by atoms with Gasteiger partial charge < -0.3 is 10.6 Å². The van der Waals surface area contributed by atoms with Crippen molar-refractivity contribution in [1.82, 2.24) is 5.32 Å². The Morgan fingerprint density at radius 2 is 2.22 bits per heavy atom. The molecule has 0 spiro atoms. The Kier molecular flexibility index (Phi) is 6.78. The highest BCUT2D eigenvalue weighted by atomic mass is 127. The first-order valence-corrected chi connectivity index (χ1v) is 7.49. The number of carbonyl (C=O) groups excluding carboxylic acids is 1. The van der Waals surface area contributed by atoms with Crippen LogP contribution in [0.1, 0.15) is 26.7 Å². The first-order chi connectivity index (χ1) is 8.54. The number of unbranched alkanes of at least 4 members (excludes halogenated alkanes) is 1. The molecule has 1 aromatic rings. The van der Waals surface area contributed by atoms with Gasteiger partial charge in [0.05, 0.1) is 0 Å². The predicted octanol–water partition coefficient (Wildman–Crippen LogP) is 3.66. The second-order valence-corrected chi connectivity index (χ2v) is 5.73. The number of benzene rings is 1. The summed E-state index contributed by atoms with van der Waals surface area (Å²) in [4.78, 5) is 11.8. The topological polar surface area (TPSA) is 41.1 Å². The molecule has 0 bridgehead atoms. The summed E-state index contributed by atoms with van der Waals surface area (Å²) >= 11 is 8.09. The summed E-state index contributed by atoms with van der Waals surface area (Å²) in [5.74, 6) is 0.0224. The maximum atomic E-state index is 11.8. The van der Waals surface area contributed by atoms with Crippen molar-refractivity contribution in [3.8, 4) is 0 Å². The van der Waals surface area contributed by atoms with Crippen LogP contribution in [-0.2, 0) is 4.79 Å². The highest BCUT2D eigenvalue weighted by Gasteiger charge is 2.13. The molecule has 1 atom stereocenters. The van der Waals surface area contributed by atoms with Crippen molar-refractivity contribution in [3.63, 3.8) is 0 Å². The molecule has 1 amide bonds. The van der Waals surface area contributed by atoms with E-state index in [2.05, 4.69) is 40.1 Å². The molecule has 100 valence electrons. The average molecular weight is 381 g/mol. The van der Waals surface area contributed by atoms with Crippen LogP contribution in [0.3, 0.4) is 0 Å². The average Bonchev–Trinajstić information content (AvgIpc) is 2.32. The Morgan fingerprint density at radius 1 is 1.50 bits per heavy atom. The van der Waals surface area contributed by atoms with Crippen LogP contribution in [0.15, 0.2) is 18.2 Å². The normalized spacial score (nSPS) is 12.0. The number of amides is 1. The van der Waals surface area contributed by atoms with Gasteiger partial charge in [-0.15, -0.1) is 0 Å². The van der Waals surface area contributed by atoms with Crippen LogP contribution in [0.4, 0.5) is 5.69 Å². The van der Waals surface area contributed by atoms with E-state index in [1.54, 1.807) is 0 Å². The summed E-state index contributed by atoms with van der Waals surface area (Å²) in [6, 6.07) is 5.32. The van der Waals surface area contributed by atoms with Gasteiger partial charge in [-0.2, -0.15) is 0 Å². The van der Waals surface area contributed by atoms with Gasteiger partial charge >= 0.3 is 0 Å². The first-order valence-electron chi connectivity index (χ1n) is 6.04. The van der Waals surface area contributed by atoms with Crippen LogP contribution >= 0.6 is 34.2 Å². The molecule has 0 saturated carbocycles. The molecule has 2 N–H and O–H groups in total. The molecule has 18 heavy (non-hydrogen) atoms. The third kappa shape index (κ3) is 5.02. The van der Waals surface area contributed by atoms with Gasteiger partial charge in [-0.1, -0.05) is 24.9 Å². The summed E-state index contributed by atoms with van der Waals surface area (Å²) in [5, 5.41) is 6.79. The lowest BCUT2D eigenvalue weighted by molar-refractivity contribution is -0.121. The van der Waals surface area contributed by atoms with Gasteiger partial charge in [-0.05, 0) is 54.1 Å². The molecule has 0 heterocycles. The zero-order valence-electron chi connectivity index (χ0n) is 10.6. The fourth-order valence-electron chi connectivity index (χ4n) is 1.45. The predicted molar refractivity (Wildman–Crippen MR) is 85.2 cm³/mol. The van der Waals surface area contributed by atoms with Crippen molar-refractivity contribution in [3.05, 3.63) is 26.8 Å². The molecule has 1 rings (SSSR count). The van der Waals surface area contributed by atoms with Crippen molar-refractivity contribution >= 4 is 45.8 Å². The minimum absolute atomic E-state index is 0.0224. The fourth-order valence-corrected chi connectivity index (χ4v) is 2.47. The van der Waals surface area contributed by atoms with Crippen molar-refractivity contribution in [1.29, 1.82) is 0 Å². The lowest BCUT2D eigenvalue weighted by Crippen LogP contribution is -2.38. The van der Waals surface area contributed by atoms with E-state index in [1.807, 2.05) is 25.1 Å². The molecule has 1 unspecified atom stereocenters. The largest absolute Gasteiger partial charge is 0.373 e. The summed E-state index contributed by atoms with van der Waals surface area (Å²) in [7, 11) is 0. The smallest absolute Gasteiger partial charge is 0.242 e. The monoisotopic (exact) mass is 380 g/mol. The summed E-state index contributed by atoms with van der Waals surface area (Å²) < 4.78 is 1.01. The Bertz CT molecular complexity index is 412. The number of hydrogen-bond acceptors (Lipinski definition) is 2. The Hall–Kier alpha value is -0.490. The van der Waals surface area contributed by atoms with E-state index in [4.69, 9.17) is 11.6 Å². The van der Waals surface area contributed by atoms with E-state index < -0.39 is 0 Å². The fraction of sp³-hybridized carbons (Fsp3) is 0.462. The van der Waals surface area contributed by atoms with Crippen LogP contribution in [0.5, 0.6) is 0 Å². The quantitative estimate of drug-likeness (QED) is 0.584. The highest BCUT2D eigenvalue weighted by molar-refractivity contribution is 14.1. The Morgan fingerprint density at radius 3 is 2.83 bits per heavy atom. The standard InChI is InChI=1S/C13H18ClIN2O/c1-3-4-7-16-13(18)9(2)17-12-6-5-10(14)8-11(12)15/h5-6,8-9,17H,3-4,7H2,1-2H3,(H,16,18). The van der Waals surface area contributed by atoms with E-state index in [1.165, 1.54) is 0 Å². The molecule has 0 fully saturated rings.